The average molecular weight is 355 g/mol. The molecule has 8 heteroatoms. The second kappa shape index (κ2) is 7.32. The number of aromatic nitrogens is 1. The molecule has 1 aromatic heterocycles. The summed E-state index contributed by atoms with van der Waals surface area (Å²) >= 11 is 0. The van der Waals surface area contributed by atoms with Gasteiger partial charge in [0, 0.05) is 18.8 Å². The Bertz CT molecular complexity index is 830. The molecule has 0 saturated carbocycles. The van der Waals surface area contributed by atoms with E-state index in [1.54, 1.807) is 12.1 Å². The van der Waals surface area contributed by atoms with Crippen molar-refractivity contribution in [3.63, 3.8) is 0 Å². The summed E-state index contributed by atoms with van der Waals surface area (Å²) in [6.07, 6.45) is 1.39. The fourth-order valence-electron chi connectivity index (χ4n) is 2.33. The summed E-state index contributed by atoms with van der Waals surface area (Å²) in [6, 6.07) is 9.10. The highest BCUT2D eigenvalue weighted by Gasteiger charge is 2.38. The Balaban J connectivity index is 1.69. The highest BCUT2D eigenvalue weighted by Crippen LogP contribution is 2.23. The van der Waals surface area contributed by atoms with Crippen molar-refractivity contribution < 1.29 is 24.0 Å². The van der Waals surface area contributed by atoms with E-state index in [4.69, 9.17) is 9.57 Å². The smallest absolute Gasteiger partial charge is 0.364 e. The number of amides is 2. The number of hydroxylamine groups is 2. The zero-order chi connectivity index (χ0) is 18.7. The van der Waals surface area contributed by atoms with Gasteiger partial charge in [0.15, 0.2) is 0 Å². The van der Waals surface area contributed by atoms with Gasteiger partial charge >= 0.3 is 5.97 Å². The molecule has 0 bridgehead atoms. The van der Waals surface area contributed by atoms with Crippen LogP contribution in [0.15, 0.2) is 42.6 Å². The van der Waals surface area contributed by atoms with Crippen molar-refractivity contribution in [2.75, 3.05) is 27.2 Å². The molecule has 0 N–H and O–H groups in total. The van der Waals surface area contributed by atoms with Crippen molar-refractivity contribution in [3.8, 4) is 5.88 Å². The molecule has 0 unspecified atom stereocenters. The molecule has 0 spiro atoms. The highest BCUT2D eigenvalue weighted by molar-refractivity contribution is 6.21. The molecule has 1 aromatic carbocycles. The summed E-state index contributed by atoms with van der Waals surface area (Å²) in [4.78, 5) is 47.7. The van der Waals surface area contributed by atoms with Crippen LogP contribution in [0.25, 0.3) is 0 Å². The molecule has 8 nitrogen and oxygen atoms in total. The van der Waals surface area contributed by atoms with E-state index in [-0.39, 0.29) is 22.6 Å². The topological polar surface area (TPSA) is 89.0 Å². The summed E-state index contributed by atoms with van der Waals surface area (Å²) < 4.78 is 5.46. The summed E-state index contributed by atoms with van der Waals surface area (Å²) in [7, 11) is 3.82. The van der Waals surface area contributed by atoms with Gasteiger partial charge in [-0.15, -0.1) is 0 Å². The Morgan fingerprint density at radius 2 is 1.77 bits per heavy atom. The Kier molecular flexibility index (Phi) is 4.94. The zero-order valence-corrected chi connectivity index (χ0v) is 14.3. The first kappa shape index (κ1) is 17.6. The van der Waals surface area contributed by atoms with Gasteiger partial charge in [-0.3, -0.25) is 9.59 Å². The molecule has 0 saturated heterocycles. The van der Waals surface area contributed by atoms with Crippen LogP contribution >= 0.6 is 0 Å². The molecule has 2 amide bonds. The van der Waals surface area contributed by atoms with Crippen LogP contribution < -0.4 is 4.74 Å². The van der Waals surface area contributed by atoms with Crippen molar-refractivity contribution in [2.24, 2.45) is 0 Å². The zero-order valence-electron chi connectivity index (χ0n) is 14.3. The summed E-state index contributed by atoms with van der Waals surface area (Å²) in [5.74, 6) is -1.94. The molecule has 26 heavy (non-hydrogen) atoms. The van der Waals surface area contributed by atoms with Crippen molar-refractivity contribution >= 4 is 17.8 Å². The molecule has 2 heterocycles. The lowest BCUT2D eigenvalue weighted by Crippen LogP contribution is -2.32. The van der Waals surface area contributed by atoms with Gasteiger partial charge in [-0.1, -0.05) is 17.2 Å². The third kappa shape index (κ3) is 3.55. The molecule has 0 fully saturated rings. The molecular formula is C18H17N3O5. The van der Waals surface area contributed by atoms with Gasteiger partial charge in [0.1, 0.15) is 6.61 Å². The van der Waals surface area contributed by atoms with E-state index in [0.29, 0.717) is 18.2 Å². The van der Waals surface area contributed by atoms with E-state index in [1.807, 2.05) is 19.0 Å². The number of rotatable bonds is 6. The van der Waals surface area contributed by atoms with Crippen LogP contribution in [-0.2, 0) is 4.84 Å². The van der Waals surface area contributed by atoms with Gasteiger partial charge in [0.05, 0.1) is 16.7 Å². The summed E-state index contributed by atoms with van der Waals surface area (Å²) in [5.41, 5.74) is 0.525. The van der Waals surface area contributed by atoms with Gasteiger partial charge in [-0.2, -0.15) is 0 Å². The number of pyridine rings is 1. The van der Waals surface area contributed by atoms with Crippen molar-refractivity contribution in [2.45, 2.75) is 0 Å². The van der Waals surface area contributed by atoms with E-state index in [1.165, 1.54) is 30.5 Å². The van der Waals surface area contributed by atoms with Gasteiger partial charge in [0.25, 0.3) is 11.8 Å². The van der Waals surface area contributed by atoms with E-state index in [0.717, 1.165) is 0 Å². The number of carbonyl (C=O) groups is 3. The molecule has 0 aliphatic carbocycles. The number of imide groups is 1. The quantitative estimate of drug-likeness (QED) is 0.724. The third-order valence-corrected chi connectivity index (χ3v) is 3.69. The predicted molar refractivity (Wildman–Crippen MR) is 90.6 cm³/mol. The Morgan fingerprint density at radius 3 is 2.38 bits per heavy atom. The van der Waals surface area contributed by atoms with Gasteiger partial charge in [-0.05, 0) is 32.3 Å². The van der Waals surface area contributed by atoms with Gasteiger partial charge in [0.2, 0.25) is 5.88 Å². The van der Waals surface area contributed by atoms with E-state index >= 15 is 0 Å². The maximum absolute atomic E-state index is 12.3. The third-order valence-electron chi connectivity index (χ3n) is 3.69. The first-order valence-corrected chi connectivity index (χ1v) is 7.91. The molecule has 1 aliphatic rings. The first-order chi connectivity index (χ1) is 12.5. The number of benzene rings is 1. The Morgan fingerprint density at radius 1 is 1.12 bits per heavy atom. The predicted octanol–water partition coefficient (Wildman–Crippen LogP) is 1.39. The molecule has 2 aromatic rings. The van der Waals surface area contributed by atoms with E-state index in [9.17, 15) is 14.4 Å². The normalized spacial score (nSPS) is 13.1. The van der Waals surface area contributed by atoms with E-state index in [2.05, 4.69) is 4.98 Å². The molecule has 0 atom stereocenters. The van der Waals surface area contributed by atoms with Crippen LogP contribution in [0.2, 0.25) is 0 Å². The van der Waals surface area contributed by atoms with Crippen LogP contribution in [0.4, 0.5) is 0 Å². The largest absolute Gasteiger partial charge is 0.476 e. The maximum Gasteiger partial charge on any atom is 0.364 e. The lowest BCUT2D eigenvalue weighted by atomic mass is 10.1. The minimum Gasteiger partial charge on any atom is -0.476 e. The lowest BCUT2D eigenvalue weighted by Gasteiger charge is -2.13. The lowest BCUT2D eigenvalue weighted by molar-refractivity contribution is -0.0584. The molecule has 134 valence electrons. The number of hydrogen-bond acceptors (Lipinski definition) is 7. The van der Waals surface area contributed by atoms with Crippen LogP contribution in [0, 0.1) is 0 Å². The average Bonchev–Trinajstić information content (AvgIpc) is 2.87. The molecule has 0 radical (unpaired) electrons. The standard InChI is InChI=1S/C18H17N3O5/c1-20(2)9-10-25-15-11-12(7-8-19-15)18(24)26-21-16(22)13-5-3-4-6-14(13)17(21)23/h3-8,11H,9-10H2,1-2H3. The Hall–Kier alpha value is -3.26. The number of nitrogens with zero attached hydrogens (tertiary/aromatic N) is 3. The number of carbonyl (C=O) groups excluding carboxylic acids is 3. The number of likely N-dealkylation sites (N-methyl/N-ethyl adjacent to an activating group) is 1. The SMILES string of the molecule is CN(C)CCOc1cc(C(=O)ON2C(=O)c3ccccc3C2=O)ccn1. The van der Waals surface area contributed by atoms with Crippen LogP contribution in [0.3, 0.4) is 0 Å². The first-order valence-electron chi connectivity index (χ1n) is 7.91. The summed E-state index contributed by atoms with van der Waals surface area (Å²) in [6.45, 7) is 1.09. The highest BCUT2D eigenvalue weighted by atomic mass is 16.7. The summed E-state index contributed by atoms with van der Waals surface area (Å²) in [5, 5.41) is 0.472. The monoisotopic (exact) mass is 355 g/mol. The van der Waals surface area contributed by atoms with Crippen molar-refractivity contribution in [1.82, 2.24) is 14.9 Å². The van der Waals surface area contributed by atoms with Crippen LogP contribution in [-0.4, -0.2) is 60.0 Å². The Labute approximate surface area is 149 Å². The van der Waals surface area contributed by atoms with Crippen LogP contribution in [0.1, 0.15) is 31.1 Å². The van der Waals surface area contributed by atoms with Crippen molar-refractivity contribution in [3.05, 3.63) is 59.3 Å². The second-order valence-corrected chi connectivity index (χ2v) is 5.86. The minimum absolute atomic E-state index is 0.122. The molecule has 1 aliphatic heterocycles. The molecule has 3 rings (SSSR count). The number of hydrogen-bond donors (Lipinski definition) is 0. The second-order valence-electron chi connectivity index (χ2n) is 5.86. The number of fused-ring (bicyclic) bond motifs is 1. The number of ether oxygens (including phenoxy) is 1. The van der Waals surface area contributed by atoms with Gasteiger partial charge in [-0.25, -0.2) is 9.78 Å². The maximum atomic E-state index is 12.3. The molecular weight excluding hydrogens is 338 g/mol. The van der Waals surface area contributed by atoms with Crippen LogP contribution in [0.5, 0.6) is 5.88 Å². The fraction of sp³-hybridized carbons (Fsp3) is 0.222. The van der Waals surface area contributed by atoms with E-state index < -0.39 is 17.8 Å². The van der Waals surface area contributed by atoms with Gasteiger partial charge < -0.3 is 14.5 Å². The minimum atomic E-state index is -0.848. The fourth-order valence-corrected chi connectivity index (χ4v) is 2.33. The van der Waals surface area contributed by atoms with Crippen molar-refractivity contribution in [1.29, 1.82) is 0 Å².